The van der Waals surface area contributed by atoms with Crippen molar-refractivity contribution in [3.05, 3.63) is 5.32 Å². The van der Waals surface area contributed by atoms with Crippen molar-refractivity contribution in [2.24, 2.45) is 4.99 Å². The van der Waals surface area contributed by atoms with Crippen molar-refractivity contribution in [3.63, 3.8) is 0 Å². The third kappa shape index (κ3) is 8.16. The molecular formula is C10H18F3N2Ti-. The van der Waals surface area contributed by atoms with E-state index in [9.17, 15) is 13.2 Å². The number of nitrogens with zero attached hydrogens (tertiary/aromatic N) is 2. The molecule has 0 radical (unpaired) electrons. The molecule has 0 aromatic carbocycles. The van der Waals surface area contributed by atoms with Gasteiger partial charge in [-0.25, -0.2) is 0 Å². The molecule has 0 spiro atoms. The second-order valence-corrected chi connectivity index (χ2v) is 4.40. The van der Waals surface area contributed by atoms with Gasteiger partial charge in [0.25, 0.3) is 0 Å². The zero-order chi connectivity index (χ0) is 12.3. The van der Waals surface area contributed by atoms with Crippen LogP contribution in [0.5, 0.6) is 0 Å². The van der Waals surface area contributed by atoms with Gasteiger partial charge in [0.15, 0.2) is 0 Å². The standard InChI is InChI=1S/C10H18F3N2.Ti/c1-6-8(15-9(3,4)5)14-7(2)10(11,12)13;/h7H,6H2,1-5H3;/q-1;. The van der Waals surface area contributed by atoms with Gasteiger partial charge in [0.1, 0.15) is 0 Å². The van der Waals surface area contributed by atoms with E-state index in [4.69, 9.17) is 0 Å². The van der Waals surface area contributed by atoms with Gasteiger partial charge < -0.3 is 10.3 Å². The molecule has 0 aromatic heterocycles. The molecule has 0 bridgehead atoms. The van der Waals surface area contributed by atoms with Crippen molar-refractivity contribution in [2.75, 3.05) is 0 Å². The second kappa shape index (κ2) is 6.65. The van der Waals surface area contributed by atoms with Crippen molar-refractivity contribution in [2.45, 2.75) is 58.8 Å². The Morgan fingerprint density at radius 2 is 1.69 bits per heavy atom. The summed E-state index contributed by atoms with van der Waals surface area (Å²) in [5, 5.41) is 3.58. The first-order valence-corrected chi connectivity index (χ1v) is 4.92. The first-order valence-electron chi connectivity index (χ1n) is 4.92. The van der Waals surface area contributed by atoms with Gasteiger partial charge in [-0.05, 0) is 12.0 Å². The third-order valence-electron chi connectivity index (χ3n) is 1.60. The van der Waals surface area contributed by atoms with Crippen LogP contribution < -0.4 is 0 Å². The van der Waals surface area contributed by atoms with E-state index >= 15 is 0 Å². The molecule has 1 atom stereocenters. The Bertz CT molecular complexity index is 231. The summed E-state index contributed by atoms with van der Waals surface area (Å²) in [6, 6.07) is -1.68. The summed E-state index contributed by atoms with van der Waals surface area (Å²) in [5.41, 5.74) is -0.389. The van der Waals surface area contributed by atoms with Crippen LogP contribution in [0.1, 0.15) is 41.0 Å². The molecule has 0 aliphatic rings. The fourth-order valence-electron chi connectivity index (χ4n) is 0.883. The van der Waals surface area contributed by atoms with Crippen molar-refractivity contribution < 1.29 is 34.9 Å². The molecule has 1 unspecified atom stereocenters. The monoisotopic (exact) mass is 271 g/mol. The van der Waals surface area contributed by atoms with E-state index in [1.807, 2.05) is 20.8 Å². The predicted molar refractivity (Wildman–Crippen MR) is 56.4 cm³/mol. The van der Waals surface area contributed by atoms with Crippen LogP contribution in [-0.2, 0) is 21.7 Å². The maximum absolute atomic E-state index is 12.2. The van der Waals surface area contributed by atoms with Gasteiger partial charge in [-0.3, -0.25) is 0 Å². The molecule has 0 aliphatic heterocycles. The number of halogens is 3. The average Bonchev–Trinajstić information content (AvgIpc) is 1.98. The maximum atomic E-state index is 12.2. The third-order valence-corrected chi connectivity index (χ3v) is 1.60. The van der Waals surface area contributed by atoms with Crippen LogP contribution >= 0.6 is 0 Å². The zero-order valence-electron chi connectivity index (χ0n) is 10.3. The Morgan fingerprint density at radius 1 is 1.25 bits per heavy atom. The van der Waals surface area contributed by atoms with Crippen LogP contribution in [0, 0.1) is 0 Å². The molecular weight excluding hydrogens is 253 g/mol. The molecule has 0 amide bonds. The average molecular weight is 271 g/mol. The van der Waals surface area contributed by atoms with Crippen molar-refractivity contribution in [1.82, 2.24) is 0 Å². The fourth-order valence-corrected chi connectivity index (χ4v) is 0.883. The zero-order valence-corrected chi connectivity index (χ0v) is 11.9. The largest absolute Gasteiger partial charge is 0.463 e. The minimum Gasteiger partial charge on any atom is -0.463 e. The smallest absolute Gasteiger partial charge is 0.390 e. The molecule has 2 nitrogen and oxygen atoms in total. The molecule has 0 heterocycles. The van der Waals surface area contributed by atoms with Gasteiger partial charge in [0.2, 0.25) is 0 Å². The van der Waals surface area contributed by atoms with Gasteiger partial charge in [0, 0.05) is 21.7 Å². The van der Waals surface area contributed by atoms with Crippen LogP contribution in [0.15, 0.2) is 4.99 Å². The molecule has 0 saturated heterocycles. The van der Waals surface area contributed by atoms with E-state index in [1.54, 1.807) is 6.92 Å². The van der Waals surface area contributed by atoms with Gasteiger partial charge >= 0.3 is 6.18 Å². The summed E-state index contributed by atoms with van der Waals surface area (Å²) in [6.45, 7) is 8.27. The normalized spacial score (nSPS) is 15.4. The number of alkyl halides is 3. The molecule has 0 aliphatic carbocycles. The number of aliphatic imine (C=N–C) groups is 1. The SMILES string of the molecule is CCC(=NC(C)(C)C)[N-]C(C)C(F)(F)F.[Ti]. The molecule has 0 fully saturated rings. The summed E-state index contributed by atoms with van der Waals surface area (Å²) < 4.78 is 36.7. The number of hydrogen-bond acceptors (Lipinski definition) is 1. The van der Waals surface area contributed by atoms with Crippen molar-refractivity contribution >= 4 is 5.84 Å². The number of rotatable bonds is 2. The summed E-state index contributed by atoms with van der Waals surface area (Å²) in [4.78, 5) is 4.13. The molecule has 6 heteroatoms. The minimum atomic E-state index is -4.28. The Kier molecular flexibility index (Phi) is 7.62. The fraction of sp³-hybridized carbons (Fsp3) is 0.900. The maximum Gasteiger partial charge on any atom is 0.390 e. The summed E-state index contributed by atoms with van der Waals surface area (Å²) in [7, 11) is 0. The van der Waals surface area contributed by atoms with Crippen LogP contribution in [-0.4, -0.2) is 23.6 Å². The molecule has 0 N–H and O–H groups in total. The van der Waals surface area contributed by atoms with E-state index < -0.39 is 12.2 Å². The summed E-state index contributed by atoms with van der Waals surface area (Å²) in [5.74, 6) is 0.271. The predicted octanol–water partition coefficient (Wildman–Crippen LogP) is 3.92. The molecule has 0 rings (SSSR count). The Hall–Kier alpha value is -0.0257. The van der Waals surface area contributed by atoms with Gasteiger partial charge in [-0.15, -0.1) is 0 Å². The number of amidine groups is 1. The van der Waals surface area contributed by atoms with E-state index in [0.717, 1.165) is 6.92 Å². The summed E-state index contributed by atoms with van der Waals surface area (Å²) in [6.07, 6.45) is -3.87. The van der Waals surface area contributed by atoms with Gasteiger partial charge in [-0.1, -0.05) is 40.5 Å². The van der Waals surface area contributed by atoms with Crippen LogP contribution in [0.2, 0.25) is 0 Å². The molecule has 94 valence electrons. The first kappa shape index (κ1) is 18.3. The van der Waals surface area contributed by atoms with Crippen LogP contribution in [0.3, 0.4) is 0 Å². The van der Waals surface area contributed by atoms with Crippen molar-refractivity contribution in [1.29, 1.82) is 0 Å². The van der Waals surface area contributed by atoms with Crippen molar-refractivity contribution in [3.8, 4) is 0 Å². The van der Waals surface area contributed by atoms with Gasteiger partial charge in [-0.2, -0.15) is 13.2 Å². The van der Waals surface area contributed by atoms with Crippen LogP contribution in [0.4, 0.5) is 13.2 Å². The molecule has 0 saturated carbocycles. The van der Waals surface area contributed by atoms with E-state index in [0.29, 0.717) is 6.42 Å². The van der Waals surface area contributed by atoms with Crippen LogP contribution in [0.25, 0.3) is 5.32 Å². The summed E-state index contributed by atoms with van der Waals surface area (Å²) >= 11 is 0. The second-order valence-electron chi connectivity index (χ2n) is 4.40. The topological polar surface area (TPSA) is 26.5 Å². The number of hydrogen-bond donors (Lipinski definition) is 0. The molecule has 16 heavy (non-hydrogen) atoms. The molecule has 0 aromatic rings. The Labute approximate surface area is 110 Å². The first-order chi connectivity index (χ1) is 6.56. The van der Waals surface area contributed by atoms with E-state index in [2.05, 4.69) is 10.3 Å². The van der Waals surface area contributed by atoms with Gasteiger partial charge in [0.05, 0.1) is 6.04 Å². The minimum absolute atomic E-state index is 0. The quantitative estimate of drug-likeness (QED) is 0.413. The van der Waals surface area contributed by atoms with E-state index in [-0.39, 0.29) is 33.1 Å². The Balaban J connectivity index is 0. The van der Waals surface area contributed by atoms with E-state index in [1.165, 1.54) is 0 Å². The Morgan fingerprint density at radius 3 is 1.94 bits per heavy atom.